The summed E-state index contributed by atoms with van der Waals surface area (Å²) in [5.41, 5.74) is 3.25. The number of pyridine rings is 1. The molecule has 1 N–H and O–H groups in total. The van der Waals surface area contributed by atoms with Gasteiger partial charge in [-0.2, -0.15) is 0 Å². The van der Waals surface area contributed by atoms with Crippen LogP contribution in [0.1, 0.15) is 12.5 Å². The van der Waals surface area contributed by atoms with E-state index in [9.17, 15) is 13.2 Å². The van der Waals surface area contributed by atoms with Gasteiger partial charge in [0, 0.05) is 29.9 Å². The van der Waals surface area contributed by atoms with Gasteiger partial charge in [0.25, 0.3) is 5.56 Å². The summed E-state index contributed by atoms with van der Waals surface area (Å²) in [5, 5.41) is 1.50. The van der Waals surface area contributed by atoms with Gasteiger partial charge in [-0.3, -0.25) is 9.52 Å². The summed E-state index contributed by atoms with van der Waals surface area (Å²) < 4.78 is 27.8. The van der Waals surface area contributed by atoms with Crippen molar-refractivity contribution in [2.24, 2.45) is 7.05 Å². The van der Waals surface area contributed by atoms with Crippen LogP contribution in [-0.4, -0.2) is 18.7 Å². The molecule has 0 unspecified atom stereocenters. The highest BCUT2D eigenvalue weighted by atomic mass is 32.2. The second-order valence-electron chi connectivity index (χ2n) is 6.09. The van der Waals surface area contributed by atoms with Crippen LogP contribution in [0.2, 0.25) is 0 Å². The molecule has 130 valence electrons. The molecular weight excluding hydrogens is 336 g/mol. The molecule has 1 heterocycles. The quantitative estimate of drug-likeness (QED) is 0.780. The second-order valence-corrected chi connectivity index (χ2v) is 8.11. The van der Waals surface area contributed by atoms with Gasteiger partial charge in [0.1, 0.15) is 0 Å². The Kier molecular flexibility index (Phi) is 4.39. The van der Waals surface area contributed by atoms with Crippen LogP contribution < -0.4 is 10.3 Å². The summed E-state index contributed by atoms with van der Waals surface area (Å²) >= 11 is 0. The van der Waals surface area contributed by atoms with Gasteiger partial charge in [-0.25, -0.2) is 8.42 Å². The van der Waals surface area contributed by atoms with E-state index >= 15 is 0 Å². The van der Waals surface area contributed by atoms with Gasteiger partial charge in [0.15, 0.2) is 0 Å². The van der Waals surface area contributed by atoms with E-state index in [2.05, 4.69) is 4.72 Å². The van der Waals surface area contributed by atoms with E-state index in [-0.39, 0.29) is 11.3 Å². The Hall–Kier alpha value is -2.60. The van der Waals surface area contributed by atoms with Crippen LogP contribution in [0.25, 0.3) is 21.9 Å². The number of nitrogens with one attached hydrogen (secondary N) is 1. The van der Waals surface area contributed by atoms with Gasteiger partial charge < -0.3 is 4.57 Å². The van der Waals surface area contributed by atoms with Crippen molar-refractivity contribution in [3.05, 3.63) is 64.6 Å². The molecule has 0 saturated heterocycles. The van der Waals surface area contributed by atoms with Gasteiger partial charge in [-0.15, -0.1) is 0 Å². The monoisotopic (exact) mass is 356 g/mol. The van der Waals surface area contributed by atoms with E-state index in [1.165, 1.54) is 0 Å². The predicted molar refractivity (Wildman–Crippen MR) is 102 cm³/mol. The van der Waals surface area contributed by atoms with Crippen LogP contribution in [0.4, 0.5) is 5.69 Å². The van der Waals surface area contributed by atoms with Crippen LogP contribution >= 0.6 is 0 Å². The summed E-state index contributed by atoms with van der Waals surface area (Å²) in [6.45, 7) is 3.57. The fourth-order valence-electron chi connectivity index (χ4n) is 2.81. The summed E-state index contributed by atoms with van der Waals surface area (Å²) in [6, 6.07) is 12.9. The van der Waals surface area contributed by atoms with Crippen LogP contribution in [0.3, 0.4) is 0 Å². The maximum Gasteiger partial charge on any atom is 0.258 e. The second kappa shape index (κ2) is 6.37. The molecule has 0 radical (unpaired) electrons. The molecule has 0 aliphatic heterocycles. The normalized spacial score (nSPS) is 11.6. The van der Waals surface area contributed by atoms with E-state index in [0.717, 1.165) is 22.1 Å². The smallest absolute Gasteiger partial charge is 0.258 e. The Balaban J connectivity index is 2.22. The zero-order chi connectivity index (χ0) is 18.2. The highest BCUT2D eigenvalue weighted by Crippen LogP contribution is 2.29. The Labute approximate surface area is 147 Å². The van der Waals surface area contributed by atoms with Gasteiger partial charge in [-0.05, 0) is 43.0 Å². The average Bonchev–Trinajstić information content (AvgIpc) is 2.58. The van der Waals surface area contributed by atoms with Crippen molar-refractivity contribution in [1.29, 1.82) is 0 Å². The Morgan fingerprint density at radius 3 is 2.56 bits per heavy atom. The number of aromatic nitrogens is 1. The molecule has 3 rings (SSSR count). The molecule has 5 nitrogen and oxygen atoms in total. The first kappa shape index (κ1) is 17.2. The van der Waals surface area contributed by atoms with Crippen molar-refractivity contribution < 1.29 is 8.42 Å². The van der Waals surface area contributed by atoms with Crippen LogP contribution in [0.15, 0.2) is 53.5 Å². The van der Waals surface area contributed by atoms with Crippen molar-refractivity contribution in [2.75, 3.05) is 10.5 Å². The van der Waals surface area contributed by atoms with Gasteiger partial charge >= 0.3 is 0 Å². The first-order valence-electron chi connectivity index (χ1n) is 8.01. The molecule has 6 heteroatoms. The fourth-order valence-corrected chi connectivity index (χ4v) is 3.44. The third kappa shape index (κ3) is 3.44. The summed E-state index contributed by atoms with van der Waals surface area (Å²) in [4.78, 5) is 12.4. The lowest BCUT2D eigenvalue weighted by molar-refractivity contribution is 0.602. The third-order valence-electron chi connectivity index (χ3n) is 4.17. The molecule has 0 bridgehead atoms. The Bertz CT molecular complexity index is 1120. The number of hydrogen-bond acceptors (Lipinski definition) is 3. The molecule has 25 heavy (non-hydrogen) atoms. The summed E-state index contributed by atoms with van der Waals surface area (Å²) in [7, 11) is -1.62. The largest absolute Gasteiger partial charge is 0.317 e. The van der Waals surface area contributed by atoms with E-state index in [4.69, 9.17) is 0 Å². The lowest BCUT2D eigenvalue weighted by Crippen LogP contribution is -2.16. The highest BCUT2D eigenvalue weighted by molar-refractivity contribution is 7.92. The van der Waals surface area contributed by atoms with E-state index in [1.807, 2.05) is 31.2 Å². The maximum absolute atomic E-state index is 12.4. The first-order chi connectivity index (χ1) is 11.8. The highest BCUT2D eigenvalue weighted by Gasteiger charge is 2.11. The minimum Gasteiger partial charge on any atom is -0.317 e. The summed E-state index contributed by atoms with van der Waals surface area (Å²) in [6.07, 6.45) is 1.79. The molecule has 0 saturated carbocycles. The third-order valence-corrected chi connectivity index (χ3v) is 5.47. The number of aryl methyl sites for hydroxylation is 2. The van der Waals surface area contributed by atoms with Crippen molar-refractivity contribution >= 4 is 26.5 Å². The molecule has 3 aromatic rings. The van der Waals surface area contributed by atoms with E-state index in [0.29, 0.717) is 11.1 Å². The minimum absolute atomic E-state index is 0.0131. The summed E-state index contributed by atoms with van der Waals surface area (Å²) in [5.74, 6) is 0.0131. The van der Waals surface area contributed by atoms with Crippen molar-refractivity contribution in [1.82, 2.24) is 4.57 Å². The first-order valence-corrected chi connectivity index (χ1v) is 9.67. The average molecular weight is 356 g/mol. The zero-order valence-electron chi connectivity index (χ0n) is 14.4. The van der Waals surface area contributed by atoms with Gasteiger partial charge in [0.05, 0.1) is 5.75 Å². The van der Waals surface area contributed by atoms with Crippen molar-refractivity contribution in [3.63, 3.8) is 0 Å². The Morgan fingerprint density at radius 1 is 1.08 bits per heavy atom. The number of sulfonamides is 1. The number of anilines is 1. The SMILES string of the molecule is CCS(=O)(=O)Nc1cccc(-c2cn(C)c(=O)c3ccc(C)cc23)c1. The predicted octanol–water partition coefficient (Wildman–Crippen LogP) is 3.28. The number of benzene rings is 2. The molecule has 2 aromatic carbocycles. The minimum atomic E-state index is -3.34. The molecule has 1 aromatic heterocycles. The molecule has 0 atom stereocenters. The Morgan fingerprint density at radius 2 is 1.84 bits per heavy atom. The number of nitrogens with zero attached hydrogens (tertiary/aromatic N) is 1. The zero-order valence-corrected chi connectivity index (χ0v) is 15.2. The molecule has 0 aliphatic carbocycles. The van der Waals surface area contributed by atoms with E-state index in [1.54, 1.807) is 42.9 Å². The molecule has 0 amide bonds. The standard InChI is InChI=1S/C19H20N2O3S/c1-4-25(23,24)20-15-7-5-6-14(11-15)18-12-21(3)19(22)16-9-8-13(2)10-17(16)18/h5-12,20H,4H2,1-3H3. The number of fused-ring (bicyclic) bond motifs is 1. The van der Waals surface area contributed by atoms with Gasteiger partial charge in [0.2, 0.25) is 10.0 Å². The number of hydrogen-bond donors (Lipinski definition) is 1. The topological polar surface area (TPSA) is 68.2 Å². The molecule has 0 fully saturated rings. The van der Waals surface area contributed by atoms with E-state index < -0.39 is 10.0 Å². The van der Waals surface area contributed by atoms with Crippen LogP contribution in [-0.2, 0) is 17.1 Å². The lowest BCUT2D eigenvalue weighted by Gasteiger charge is -2.12. The fraction of sp³-hybridized carbons (Fsp3) is 0.211. The lowest BCUT2D eigenvalue weighted by atomic mass is 9.99. The molecular formula is C19H20N2O3S. The molecule has 0 aliphatic rings. The maximum atomic E-state index is 12.4. The number of rotatable bonds is 4. The van der Waals surface area contributed by atoms with Crippen LogP contribution in [0, 0.1) is 6.92 Å². The van der Waals surface area contributed by atoms with Crippen molar-refractivity contribution in [3.8, 4) is 11.1 Å². The molecule has 0 spiro atoms. The van der Waals surface area contributed by atoms with Crippen LogP contribution in [0.5, 0.6) is 0 Å². The van der Waals surface area contributed by atoms with Gasteiger partial charge in [-0.1, -0.05) is 29.8 Å². The van der Waals surface area contributed by atoms with Crippen molar-refractivity contribution in [2.45, 2.75) is 13.8 Å².